The molecule has 0 saturated carbocycles. The van der Waals surface area contributed by atoms with Crippen molar-refractivity contribution in [2.75, 3.05) is 53.6 Å². The number of benzene rings is 1. The van der Waals surface area contributed by atoms with E-state index in [4.69, 9.17) is 14.8 Å². The van der Waals surface area contributed by atoms with Crippen LogP contribution in [-0.2, 0) is 26.4 Å². The van der Waals surface area contributed by atoms with Crippen molar-refractivity contribution < 1.29 is 31.1 Å². The highest BCUT2D eigenvalue weighted by Crippen LogP contribution is 2.43. The summed E-state index contributed by atoms with van der Waals surface area (Å²) < 4.78 is 74.3. The number of allylic oxidation sites excluding steroid dienone is 2. The second kappa shape index (κ2) is 12.6. The van der Waals surface area contributed by atoms with Gasteiger partial charge in [0.1, 0.15) is 5.75 Å². The maximum Gasteiger partial charge on any atom is 0.416 e. The summed E-state index contributed by atoms with van der Waals surface area (Å²) in [7, 11) is 2.85. The molecule has 1 aliphatic carbocycles. The van der Waals surface area contributed by atoms with Gasteiger partial charge in [-0.1, -0.05) is 23.8 Å². The molecule has 1 N–H and O–H groups in total. The molecular formula is C31H37F3N6O4S. The van der Waals surface area contributed by atoms with E-state index in [0.717, 1.165) is 29.7 Å². The van der Waals surface area contributed by atoms with E-state index in [0.29, 0.717) is 49.6 Å². The van der Waals surface area contributed by atoms with Crippen molar-refractivity contribution in [1.82, 2.24) is 29.1 Å². The summed E-state index contributed by atoms with van der Waals surface area (Å²) in [4.78, 5) is 21.7. The number of fused-ring (bicyclic) bond motifs is 1. The monoisotopic (exact) mass is 646 g/mol. The Hall–Kier alpha value is -3.75. The summed E-state index contributed by atoms with van der Waals surface area (Å²) >= 11 is 0. The van der Waals surface area contributed by atoms with Gasteiger partial charge in [-0.3, -0.25) is 4.79 Å². The molecule has 14 heteroatoms. The first-order valence-corrected chi connectivity index (χ1v) is 16.3. The number of ether oxygens (including phenoxy) is 1. The van der Waals surface area contributed by atoms with E-state index in [1.54, 1.807) is 32.3 Å². The number of carbonyl (C=O) groups excluding carboxylic acids is 1. The lowest BCUT2D eigenvalue weighted by Gasteiger charge is -2.33. The molecule has 0 fully saturated rings. The molecule has 45 heavy (non-hydrogen) atoms. The smallest absolute Gasteiger partial charge is 0.416 e. The molecule has 1 amide bonds. The normalized spacial score (nSPS) is 19.4. The number of aromatic nitrogens is 3. The highest BCUT2D eigenvalue weighted by atomic mass is 32.2. The first kappa shape index (κ1) is 32.6. The maximum absolute atomic E-state index is 13.7. The van der Waals surface area contributed by atoms with E-state index in [-0.39, 0.29) is 29.4 Å². The van der Waals surface area contributed by atoms with Crippen LogP contribution in [0.25, 0.3) is 16.9 Å². The van der Waals surface area contributed by atoms with Crippen LogP contribution in [0.4, 0.5) is 13.2 Å². The van der Waals surface area contributed by atoms with Gasteiger partial charge in [0.2, 0.25) is 15.9 Å². The summed E-state index contributed by atoms with van der Waals surface area (Å²) in [5.74, 6) is 0.535. The molecule has 0 radical (unpaired) electrons. The Labute approximate surface area is 260 Å². The Morgan fingerprint density at radius 1 is 1.16 bits per heavy atom. The minimum Gasteiger partial charge on any atom is -0.496 e. The van der Waals surface area contributed by atoms with Crippen LogP contribution in [0, 0.1) is 0 Å². The van der Waals surface area contributed by atoms with Crippen LogP contribution in [0.2, 0.25) is 0 Å². The van der Waals surface area contributed by atoms with Crippen LogP contribution in [-0.4, -0.2) is 92.4 Å². The number of halogens is 3. The predicted molar refractivity (Wildman–Crippen MR) is 164 cm³/mol. The van der Waals surface area contributed by atoms with Crippen molar-refractivity contribution in [1.29, 1.82) is 0 Å². The third kappa shape index (κ3) is 6.92. The first-order chi connectivity index (χ1) is 21.2. The van der Waals surface area contributed by atoms with Crippen LogP contribution in [0.5, 0.6) is 5.75 Å². The topological polar surface area (TPSA) is 109 Å². The number of alkyl halides is 3. The summed E-state index contributed by atoms with van der Waals surface area (Å²) in [5.41, 5.74) is 1.59. The molecule has 1 atom stereocenters. The molecule has 1 unspecified atom stereocenters. The first-order valence-electron chi connectivity index (χ1n) is 14.6. The van der Waals surface area contributed by atoms with Gasteiger partial charge in [-0.25, -0.2) is 22.6 Å². The molecular weight excluding hydrogens is 609 g/mol. The second-order valence-electron chi connectivity index (χ2n) is 11.7. The molecule has 1 aliphatic heterocycles. The zero-order valence-corrected chi connectivity index (χ0v) is 26.5. The Morgan fingerprint density at radius 2 is 1.91 bits per heavy atom. The fraction of sp³-hybridized carbons (Fsp3) is 0.452. The molecule has 0 spiro atoms. The Balaban J connectivity index is 1.53. The molecule has 1 aromatic carbocycles. The number of hydrogen-bond donors (Lipinski definition) is 1. The molecule has 0 bridgehead atoms. The number of rotatable bonds is 9. The van der Waals surface area contributed by atoms with Crippen molar-refractivity contribution in [3.63, 3.8) is 0 Å². The number of amides is 1. The van der Waals surface area contributed by atoms with Gasteiger partial charge < -0.3 is 14.5 Å². The van der Waals surface area contributed by atoms with Crippen molar-refractivity contribution in [2.45, 2.75) is 37.3 Å². The Bertz CT molecular complexity index is 1770. The molecule has 3 heterocycles. The van der Waals surface area contributed by atoms with E-state index < -0.39 is 27.2 Å². The van der Waals surface area contributed by atoms with E-state index in [1.807, 2.05) is 12.2 Å². The summed E-state index contributed by atoms with van der Waals surface area (Å²) in [5, 5.41) is 4.85. The maximum atomic E-state index is 13.7. The number of sulfonamides is 1. The average Bonchev–Trinajstić information content (AvgIpc) is 3.36. The zero-order valence-electron chi connectivity index (χ0n) is 25.7. The van der Waals surface area contributed by atoms with Gasteiger partial charge in [-0.05, 0) is 62.2 Å². The lowest BCUT2D eigenvalue weighted by molar-refractivity contribution is -0.137. The average molecular weight is 647 g/mol. The van der Waals surface area contributed by atoms with Gasteiger partial charge in [0.25, 0.3) is 0 Å². The number of nitrogens with one attached hydrogen (secondary N) is 1. The van der Waals surface area contributed by atoms with Gasteiger partial charge in [0.15, 0.2) is 11.5 Å². The number of carbonyl (C=O) groups is 1. The van der Waals surface area contributed by atoms with E-state index in [1.165, 1.54) is 29.6 Å². The highest BCUT2D eigenvalue weighted by Gasteiger charge is 2.41. The molecule has 0 saturated heterocycles. The van der Waals surface area contributed by atoms with Crippen LogP contribution < -0.4 is 9.46 Å². The number of nitrogens with zero attached hydrogens (tertiary/aromatic N) is 5. The predicted octanol–water partition coefficient (Wildman–Crippen LogP) is 4.04. The van der Waals surface area contributed by atoms with Crippen molar-refractivity contribution >= 4 is 21.6 Å². The summed E-state index contributed by atoms with van der Waals surface area (Å²) in [6, 6.07) is 8.38. The van der Waals surface area contributed by atoms with Gasteiger partial charge in [0.05, 0.1) is 29.5 Å². The Kier molecular flexibility index (Phi) is 9.11. The van der Waals surface area contributed by atoms with Crippen LogP contribution >= 0.6 is 0 Å². The molecule has 5 rings (SSSR count). The lowest BCUT2D eigenvalue weighted by atomic mass is 9.72. The van der Waals surface area contributed by atoms with Crippen molar-refractivity contribution in [2.24, 2.45) is 0 Å². The fourth-order valence-electron chi connectivity index (χ4n) is 5.89. The summed E-state index contributed by atoms with van der Waals surface area (Å²) in [6.45, 7) is 1.79. The zero-order chi connectivity index (χ0) is 32.6. The molecule has 2 aromatic heterocycles. The SMILES string of the molecule is CNS(=O)(=O)CCN1CCC2=C(CC1)CC(CC(=O)N(C)C)(c1nc3cccc(-c4cc(C(F)(F)F)ccc4OC)n3n1)C=C2. The minimum absolute atomic E-state index is 0.00937. The van der Waals surface area contributed by atoms with Crippen molar-refractivity contribution in [3.8, 4) is 17.0 Å². The standard InChI is InChI=1S/C31H37F3N6O4S/c1-35-45(42,43)17-16-39-14-11-21-10-13-30(19-22(21)12-15-39,20-28(41)38(2)3)29-36-27-7-5-6-25(40(27)37-29)24-18-23(31(32,33)34)8-9-26(24)44-4/h5-10,13,18,35H,11-12,14-17,19-20H2,1-4H3. The molecule has 242 valence electrons. The summed E-state index contributed by atoms with van der Waals surface area (Å²) in [6.07, 6.45) is 1.47. The van der Waals surface area contributed by atoms with E-state index in [9.17, 15) is 26.4 Å². The van der Waals surface area contributed by atoms with Gasteiger partial charge in [0, 0.05) is 45.7 Å². The number of methoxy groups -OCH3 is 1. The number of pyridine rings is 1. The van der Waals surface area contributed by atoms with Crippen molar-refractivity contribution in [3.05, 3.63) is 71.1 Å². The third-order valence-electron chi connectivity index (χ3n) is 8.57. The molecule has 2 aliphatic rings. The van der Waals surface area contributed by atoms with E-state index >= 15 is 0 Å². The third-order valence-corrected chi connectivity index (χ3v) is 9.92. The quantitative estimate of drug-likeness (QED) is 0.374. The molecule has 10 nitrogen and oxygen atoms in total. The largest absolute Gasteiger partial charge is 0.496 e. The lowest BCUT2D eigenvalue weighted by Crippen LogP contribution is -2.36. The van der Waals surface area contributed by atoms with Crippen LogP contribution in [0.15, 0.2) is 59.7 Å². The van der Waals surface area contributed by atoms with Gasteiger partial charge in [-0.2, -0.15) is 13.2 Å². The second-order valence-corrected chi connectivity index (χ2v) is 13.7. The highest BCUT2D eigenvalue weighted by molar-refractivity contribution is 7.89. The minimum atomic E-state index is -4.55. The van der Waals surface area contributed by atoms with Crippen LogP contribution in [0.3, 0.4) is 0 Å². The van der Waals surface area contributed by atoms with Gasteiger partial charge in [-0.15, -0.1) is 5.10 Å². The Morgan fingerprint density at radius 3 is 2.60 bits per heavy atom. The van der Waals surface area contributed by atoms with Gasteiger partial charge >= 0.3 is 6.18 Å². The van der Waals surface area contributed by atoms with E-state index in [2.05, 4.69) is 9.62 Å². The number of hydrogen-bond acceptors (Lipinski definition) is 7. The fourth-order valence-corrected chi connectivity index (χ4v) is 6.59. The van der Waals surface area contributed by atoms with Crippen LogP contribution in [0.1, 0.15) is 37.1 Å². The molecule has 3 aromatic rings.